The van der Waals surface area contributed by atoms with Crippen LogP contribution in [0.1, 0.15) is 24.2 Å². The molecule has 0 aliphatic heterocycles. The van der Waals surface area contributed by atoms with Gasteiger partial charge in [0.1, 0.15) is 5.92 Å². The summed E-state index contributed by atoms with van der Waals surface area (Å²) in [6.07, 6.45) is 0. The monoisotopic (exact) mass is 272 g/mol. The molecular formula is C13H14ClFO3. The maximum Gasteiger partial charge on any atom is 0.316 e. The van der Waals surface area contributed by atoms with Crippen molar-refractivity contribution in [3.8, 4) is 0 Å². The molecule has 0 aliphatic rings. The van der Waals surface area contributed by atoms with E-state index < -0.39 is 23.5 Å². The van der Waals surface area contributed by atoms with Gasteiger partial charge in [0.2, 0.25) is 0 Å². The highest BCUT2D eigenvalue weighted by Gasteiger charge is 2.33. The van der Waals surface area contributed by atoms with Crippen molar-refractivity contribution in [1.29, 1.82) is 0 Å². The van der Waals surface area contributed by atoms with Crippen molar-refractivity contribution in [2.45, 2.75) is 13.8 Å². The lowest BCUT2D eigenvalue weighted by Gasteiger charge is -2.17. The number of esters is 1. The predicted molar refractivity (Wildman–Crippen MR) is 66.1 cm³/mol. The highest BCUT2D eigenvalue weighted by atomic mass is 35.5. The molecule has 0 aromatic heterocycles. The topological polar surface area (TPSA) is 43.4 Å². The fourth-order valence-electron chi connectivity index (χ4n) is 1.67. The van der Waals surface area contributed by atoms with E-state index in [9.17, 15) is 14.0 Å². The number of ketones is 1. The zero-order chi connectivity index (χ0) is 13.9. The van der Waals surface area contributed by atoms with E-state index in [0.29, 0.717) is 0 Å². The molecule has 0 fully saturated rings. The Hall–Kier alpha value is -1.42. The van der Waals surface area contributed by atoms with Gasteiger partial charge < -0.3 is 4.74 Å². The number of ether oxygens (including phenoxy) is 1. The molecule has 1 atom stereocenters. The van der Waals surface area contributed by atoms with E-state index in [1.165, 1.54) is 25.3 Å². The van der Waals surface area contributed by atoms with Crippen molar-refractivity contribution in [3.63, 3.8) is 0 Å². The average molecular weight is 273 g/mol. The molecular weight excluding hydrogens is 259 g/mol. The van der Waals surface area contributed by atoms with Gasteiger partial charge in [-0.15, -0.1) is 0 Å². The molecule has 18 heavy (non-hydrogen) atoms. The maximum atomic E-state index is 13.7. The summed E-state index contributed by atoms with van der Waals surface area (Å²) in [5.41, 5.74) is -0.188. The van der Waals surface area contributed by atoms with Crippen LogP contribution in [0.4, 0.5) is 4.39 Å². The molecule has 0 amide bonds. The van der Waals surface area contributed by atoms with Gasteiger partial charge in [-0.05, 0) is 18.1 Å². The van der Waals surface area contributed by atoms with Crippen LogP contribution in [0.3, 0.4) is 0 Å². The second-order valence-electron chi connectivity index (χ2n) is 4.21. The molecule has 98 valence electrons. The third kappa shape index (κ3) is 2.88. The predicted octanol–water partition coefficient (Wildman–Crippen LogP) is 3.11. The van der Waals surface area contributed by atoms with Crippen LogP contribution in [-0.4, -0.2) is 18.9 Å². The Bertz CT molecular complexity index is 471. The third-order valence-corrected chi connectivity index (χ3v) is 2.91. The Morgan fingerprint density at radius 3 is 2.44 bits per heavy atom. The number of hydrogen-bond acceptors (Lipinski definition) is 3. The summed E-state index contributed by atoms with van der Waals surface area (Å²) in [4.78, 5) is 23.7. The third-order valence-electron chi connectivity index (χ3n) is 2.62. The molecule has 0 saturated heterocycles. The highest BCUT2D eigenvalue weighted by Crippen LogP contribution is 2.24. The Labute approximate surface area is 110 Å². The summed E-state index contributed by atoms with van der Waals surface area (Å²) in [5.74, 6) is -3.41. The number of halogens is 2. The first-order valence-corrected chi connectivity index (χ1v) is 5.84. The lowest BCUT2D eigenvalue weighted by atomic mass is 9.88. The minimum atomic E-state index is -1.03. The first kappa shape index (κ1) is 14.6. The van der Waals surface area contributed by atoms with E-state index in [1.54, 1.807) is 13.8 Å². The van der Waals surface area contributed by atoms with Gasteiger partial charge >= 0.3 is 5.97 Å². The van der Waals surface area contributed by atoms with Gasteiger partial charge in [0.25, 0.3) is 0 Å². The fourth-order valence-corrected chi connectivity index (χ4v) is 1.85. The second kappa shape index (κ2) is 5.96. The van der Waals surface area contributed by atoms with E-state index in [0.717, 1.165) is 0 Å². The minimum absolute atomic E-state index is 0.145. The molecule has 0 radical (unpaired) electrons. The Kier molecular flexibility index (Phi) is 4.84. The van der Waals surface area contributed by atoms with E-state index in [2.05, 4.69) is 4.74 Å². The molecule has 1 rings (SSSR count). The second-order valence-corrected chi connectivity index (χ2v) is 4.62. The lowest BCUT2D eigenvalue weighted by Crippen LogP contribution is -2.30. The molecule has 1 aromatic rings. The lowest BCUT2D eigenvalue weighted by molar-refractivity contribution is -0.144. The number of Topliss-reactive ketones (excluding diaryl/α,β-unsaturated/α-hetero) is 1. The summed E-state index contributed by atoms with van der Waals surface area (Å²) < 4.78 is 18.3. The van der Waals surface area contributed by atoms with Crippen LogP contribution in [0.15, 0.2) is 18.2 Å². The Balaban J connectivity index is 3.18. The number of carbonyl (C=O) groups excluding carboxylic acids is 2. The van der Waals surface area contributed by atoms with Gasteiger partial charge in [-0.1, -0.05) is 31.5 Å². The molecule has 0 aliphatic carbocycles. The van der Waals surface area contributed by atoms with Crippen molar-refractivity contribution in [2.75, 3.05) is 7.11 Å². The van der Waals surface area contributed by atoms with Crippen LogP contribution in [0.5, 0.6) is 0 Å². The van der Waals surface area contributed by atoms with Crippen LogP contribution < -0.4 is 0 Å². The smallest absolute Gasteiger partial charge is 0.316 e. The number of rotatable bonds is 4. The van der Waals surface area contributed by atoms with E-state index in [4.69, 9.17) is 11.6 Å². The molecule has 0 bridgehead atoms. The SMILES string of the molecule is COC(=O)C(C(=O)c1cccc(Cl)c1F)C(C)C. The fraction of sp³-hybridized carbons (Fsp3) is 0.385. The van der Waals surface area contributed by atoms with Crippen molar-refractivity contribution in [2.24, 2.45) is 11.8 Å². The van der Waals surface area contributed by atoms with Crippen molar-refractivity contribution < 1.29 is 18.7 Å². The minimum Gasteiger partial charge on any atom is -0.468 e. The molecule has 5 heteroatoms. The quantitative estimate of drug-likeness (QED) is 0.480. The molecule has 0 saturated carbocycles. The van der Waals surface area contributed by atoms with Gasteiger partial charge in [-0.3, -0.25) is 9.59 Å². The van der Waals surface area contributed by atoms with Gasteiger partial charge in [0.15, 0.2) is 11.6 Å². The van der Waals surface area contributed by atoms with Gasteiger partial charge in [-0.25, -0.2) is 4.39 Å². The Morgan fingerprint density at radius 1 is 1.33 bits per heavy atom. The molecule has 0 N–H and O–H groups in total. The number of methoxy groups -OCH3 is 1. The zero-order valence-electron chi connectivity index (χ0n) is 10.4. The van der Waals surface area contributed by atoms with Crippen LogP contribution >= 0.6 is 11.6 Å². The van der Waals surface area contributed by atoms with Crippen molar-refractivity contribution in [1.82, 2.24) is 0 Å². The summed E-state index contributed by atoms with van der Waals surface area (Å²) in [5, 5.41) is -0.145. The number of hydrogen-bond donors (Lipinski definition) is 0. The van der Waals surface area contributed by atoms with Crippen LogP contribution in [0.2, 0.25) is 5.02 Å². The molecule has 1 unspecified atom stereocenters. The first-order valence-electron chi connectivity index (χ1n) is 5.46. The van der Waals surface area contributed by atoms with Gasteiger partial charge in [-0.2, -0.15) is 0 Å². The van der Waals surface area contributed by atoms with Crippen LogP contribution in [0.25, 0.3) is 0 Å². The molecule has 3 nitrogen and oxygen atoms in total. The average Bonchev–Trinajstić information content (AvgIpc) is 2.31. The van der Waals surface area contributed by atoms with Crippen LogP contribution in [0, 0.1) is 17.7 Å². The van der Waals surface area contributed by atoms with E-state index >= 15 is 0 Å². The Morgan fingerprint density at radius 2 is 1.94 bits per heavy atom. The van der Waals surface area contributed by atoms with E-state index in [1.807, 2.05) is 0 Å². The zero-order valence-corrected chi connectivity index (χ0v) is 11.1. The largest absolute Gasteiger partial charge is 0.468 e. The van der Waals surface area contributed by atoms with Crippen molar-refractivity contribution >= 4 is 23.4 Å². The summed E-state index contributed by atoms with van der Waals surface area (Å²) >= 11 is 5.61. The first-order chi connectivity index (χ1) is 8.40. The van der Waals surface area contributed by atoms with Gasteiger partial charge in [0.05, 0.1) is 17.7 Å². The summed E-state index contributed by atoms with van der Waals surface area (Å²) in [6, 6.07) is 4.12. The summed E-state index contributed by atoms with van der Waals surface area (Å²) in [6.45, 7) is 3.39. The standard InChI is InChI=1S/C13H14ClFO3/c1-7(2)10(13(17)18-3)12(16)8-5-4-6-9(14)11(8)15/h4-7,10H,1-3H3. The number of benzene rings is 1. The maximum absolute atomic E-state index is 13.7. The highest BCUT2D eigenvalue weighted by molar-refractivity contribution is 6.31. The molecule has 0 heterocycles. The molecule has 0 spiro atoms. The van der Waals surface area contributed by atoms with Crippen LogP contribution in [-0.2, 0) is 9.53 Å². The molecule has 1 aromatic carbocycles. The van der Waals surface area contributed by atoms with Gasteiger partial charge in [0, 0.05) is 0 Å². The normalized spacial score (nSPS) is 12.3. The summed E-state index contributed by atoms with van der Waals surface area (Å²) in [7, 11) is 1.19. The van der Waals surface area contributed by atoms with E-state index in [-0.39, 0.29) is 16.5 Å². The van der Waals surface area contributed by atoms with Crippen molar-refractivity contribution in [3.05, 3.63) is 34.6 Å². The number of carbonyl (C=O) groups is 2.